The lowest BCUT2D eigenvalue weighted by Gasteiger charge is -2.24. The minimum Gasteiger partial charge on any atom is -0.497 e. The molecule has 0 aliphatic carbocycles. The van der Waals surface area contributed by atoms with Gasteiger partial charge in [0.25, 0.3) is 0 Å². The van der Waals surface area contributed by atoms with Crippen LogP contribution in [0.1, 0.15) is 24.0 Å². The molecule has 0 fully saturated rings. The molecule has 1 aromatic heterocycles. The Morgan fingerprint density at radius 2 is 2.07 bits per heavy atom. The largest absolute Gasteiger partial charge is 0.497 e. The van der Waals surface area contributed by atoms with Gasteiger partial charge in [-0.05, 0) is 62.5 Å². The molecule has 5 heteroatoms. The van der Waals surface area contributed by atoms with E-state index in [0.717, 1.165) is 49.3 Å². The summed E-state index contributed by atoms with van der Waals surface area (Å²) in [5, 5.41) is 1.20. The highest BCUT2D eigenvalue weighted by molar-refractivity contribution is 5.95. The van der Waals surface area contributed by atoms with Crippen molar-refractivity contribution in [3.8, 4) is 5.75 Å². The number of methoxy groups -OCH3 is 1. The Bertz CT molecular complexity index is 1020. The summed E-state index contributed by atoms with van der Waals surface area (Å²) in [7, 11) is 5.91. The van der Waals surface area contributed by atoms with E-state index in [2.05, 4.69) is 42.2 Å². The Balaban J connectivity index is 1.55. The average Bonchev–Trinajstić information content (AvgIpc) is 3.07. The fourth-order valence-corrected chi connectivity index (χ4v) is 4.59. The highest BCUT2D eigenvalue weighted by Crippen LogP contribution is 2.33. The van der Waals surface area contributed by atoms with Crippen molar-refractivity contribution < 1.29 is 9.53 Å². The maximum absolute atomic E-state index is 13.3. The number of aromatic amines is 1. The zero-order valence-electron chi connectivity index (χ0n) is 18.1. The number of fused-ring (bicyclic) bond motifs is 2. The Kier molecular flexibility index (Phi) is 6.09. The summed E-state index contributed by atoms with van der Waals surface area (Å²) in [4.78, 5) is 20.9. The van der Waals surface area contributed by atoms with Crippen LogP contribution in [0.4, 0.5) is 5.69 Å². The summed E-state index contributed by atoms with van der Waals surface area (Å²) in [6.07, 6.45) is 5.26. The highest BCUT2D eigenvalue weighted by Gasteiger charge is 2.26. The summed E-state index contributed by atoms with van der Waals surface area (Å²) in [5.74, 6) is 1.52. The van der Waals surface area contributed by atoms with Crippen molar-refractivity contribution in [1.82, 2.24) is 9.88 Å². The topological polar surface area (TPSA) is 48.6 Å². The molecule has 1 aliphatic rings. The summed E-state index contributed by atoms with van der Waals surface area (Å²) in [5.41, 5.74) is 4.57. The summed E-state index contributed by atoms with van der Waals surface area (Å²) in [6, 6.07) is 14.4. The third-order valence-electron chi connectivity index (χ3n) is 6.06. The van der Waals surface area contributed by atoms with Crippen molar-refractivity contribution in [3.63, 3.8) is 0 Å². The number of benzene rings is 2. The lowest BCUT2D eigenvalue weighted by atomic mass is 9.96. The maximum atomic E-state index is 13.3. The molecule has 1 atom stereocenters. The molecule has 2 heterocycles. The van der Waals surface area contributed by atoms with Crippen LogP contribution in [0.2, 0.25) is 0 Å². The predicted molar refractivity (Wildman–Crippen MR) is 122 cm³/mol. The zero-order chi connectivity index (χ0) is 21.1. The second-order valence-electron chi connectivity index (χ2n) is 8.52. The highest BCUT2D eigenvalue weighted by atomic mass is 16.5. The fraction of sp³-hybridized carbons (Fsp3) is 0.400. The van der Waals surface area contributed by atoms with E-state index in [4.69, 9.17) is 4.74 Å². The molecular formula is C25H31N3O2. The molecule has 0 bridgehead atoms. The van der Waals surface area contributed by atoms with Gasteiger partial charge in [0.2, 0.25) is 5.91 Å². The van der Waals surface area contributed by atoms with Gasteiger partial charge < -0.3 is 19.5 Å². The molecule has 5 nitrogen and oxygen atoms in total. The minimum atomic E-state index is 0.181. The first kappa shape index (κ1) is 20.5. The third-order valence-corrected chi connectivity index (χ3v) is 6.06. The number of nitrogens with zero attached hydrogens (tertiary/aromatic N) is 2. The van der Waals surface area contributed by atoms with E-state index in [0.29, 0.717) is 12.3 Å². The van der Waals surface area contributed by atoms with Gasteiger partial charge in [0.05, 0.1) is 12.8 Å². The van der Waals surface area contributed by atoms with Gasteiger partial charge in [-0.15, -0.1) is 0 Å². The van der Waals surface area contributed by atoms with Crippen molar-refractivity contribution in [2.75, 3.05) is 39.2 Å². The molecule has 2 aromatic carbocycles. The van der Waals surface area contributed by atoms with Crippen LogP contribution in [0.15, 0.2) is 48.7 Å². The standard InChI is InChI=1S/C25H31N3O2/c1-27(2)17-18-12-13-28(24-15-21(30-3)10-8-19(24)14-18)25(29)11-9-20-16-26-23-7-5-4-6-22(20)23/h4-8,10,15-16,18,26H,9,11-14,17H2,1-3H3. The molecule has 1 amide bonds. The fourth-order valence-electron chi connectivity index (χ4n) is 4.59. The number of nitrogens with one attached hydrogen (secondary N) is 1. The zero-order valence-corrected chi connectivity index (χ0v) is 18.1. The van der Waals surface area contributed by atoms with Gasteiger partial charge >= 0.3 is 0 Å². The Labute approximate surface area is 178 Å². The van der Waals surface area contributed by atoms with Gasteiger partial charge in [0.1, 0.15) is 5.75 Å². The quantitative estimate of drug-likeness (QED) is 0.666. The summed E-state index contributed by atoms with van der Waals surface area (Å²) in [6.45, 7) is 1.79. The van der Waals surface area contributed by atoms with Crippen molar-refractivity contribution in [1.29, 1.82) is 0 Å². The number of para-hydroxylation sites is 1. The van der Waals surface area contributed by atoms with Gasteiger partial charge in [0, 0.05) is 42.7 Å². The SMILES string of the molecule is COc1ccc2c(c1)N(C(=O)CCc1c[nH]c3ccccc13)CCC(CN(C)C)C2. The van der Waals surface area contributed by atoms with Gasteiger partial charge in [-0.2, -0.15) is 0 Å². The van der Waals surface area contributed by atoms with E-state index >= 15 is 0 Å². The molecule has 30 heavy (non-hydrogen) atoms. The van der Waals surface area contributed by atoms with Crippen LogP contribution in [0, 0.1) is 5.92 Å². The van der Waals surface area contributed by atoms with E-state index in [9.17, 15) is 4.79 Å². The van der Waals surface area contributed by atoms with Crippen molar-refractivity contribution >= 4 is 22.5 Å². The maximum Gasteiger partial charge on any atom is 0.227 e. The summed E-state index contributed by atoms with van der Waals surface area (Å²) >= 11 is 0. The second-order valence-corrected chi connectivity index (χ2v) is 8.52. The van der Waals surface area contributed by atoms with Gasteiger partial charge in [0.15, 0.2) is 0 Å². The van der Waals surface area contributed by atoms with Crippen LogP contribution in [0.25, 0.3) is 10.9 Å². The van der Waals surface area contributed by atoms with Crippen LogP contribution in [0.5, 0.6) is 5.75 Å². The second kappa shape index (κ2) is 8.92. The first-order chi connectivity index (χ1) is 14.5. The predicted octanol–water partition coefficient (Wildman–Crippen LogP) is 4.27. The first-order valence-corrected chi connectivity index (χ1v) is 10.7. The molecule has 158 valence electrons. The monoisotopic (exact) mass is 405 g/mol. The molecule has 3 aromatic rings. The van der Waals surface area contributed by atoms with E-state index in [1.807, 2.05) is 35.4 Å². The molecule has 0 saturated carbocycles. The summed E-state index contributed by atoms with van der Waals surface area (Å²) < 4.78 is 5.46. The number of H-pyrrole nitrogens is 1. The third kappa shape index (κ3) is 4.36. The van der Waals surface area contributed by atoms with Crippen LogP contribution in [-0.4, -0.2) is 50.1 Å². The van der Waals surface area contributed by atoms with Crippen molar-refractivity contribution in [2.45, 2.75) is 25.7 Å². The van der Waals surface area contributed by atoms with E-state index in [-0.39, 0.29) is 5.91 Å². The number of rotatable bonds is 6. The van der Waals surface area contributed by atoms with Gasteiger partial charge in [-0.25, -0.2) is 0 Å². The molecule has 0 spiro atoms. The first-order valence-electron chi connectivity index (χ1n) is 10.7. The lowest BCUT2D eigenvalue weighted by Crippen LogP contribution is -2.33. The van der Waals surface area contributed by atoms with Crippen molar-refractivity contribution in [2.24, 2.45) is 5.92 Å². The number of amides is 1. The van der Waals surface area contributed by atoms with Gasteiger partial charge in [-0.3, -0.25) is 4.79 Å². The molecule has 1 aliphatic heterocycles. The average molecular weight is 406 g/mol. The Hall–Kier alpha value is -2.79. The van der Waals surface area contributed by atoms with Crippen LogP contribution >= 0.6 is 0 Å². The van der Waals surface area contributed by atoms with E-state index < -0.39 is 0 Å². The number of aryl methyl sites for hydroxylation is 1. The molecular weight excluding hydrogens is 374 g/mol. The number of aromatic nitrogens is 1. The van der Waals surface area contributed by atoms with Crippen LogP contribution in [-0.2, 0) is 17.6 Å². The van der Waals surface area contributed by atoms with Gasteiger partial charge in [-0.1, -0.05) is 24.3 Å². The number of hydrogen-bond donors (Lipinski definition) is 1. The number of ether oxygens (including phenoxy) is 1. The molecule has 0 radical (unpaired) electrons. The Morgan fingerprint density at radius 3 is 2.87 bits per heavy atom. The van der Waals surface area contributed by atoms with Crippen LogP contribution < -0.4 is 9.64 Å². The van der Waals surface area contributed by atoms with Crippen molar-refractivity contribution in [3.05, 3.63) is 59.8 Å². The van der Waals surface area contributed by atoms with E-state index in [1.165, 1.54) is 16.5 Å². The number of anilines is 1. The Morgan fingerprint density at radius 1 is 1.23 bits per heavy atom. The molecule has 1 N–H and O–H groups in total. The molecule has 1 unspecified atom stereocenters. The number of carbonyl (C=O) groups excluding carboxylic acids is 1. The lowest BCUT2D eigenvalue weighted by molar-refractivity contribution is -0.118. The number of hydrogen-bond acceptors (Lipinski definition) is 3. The number of carbonyl (C=O) groups is 1. The minimum absolute atomic E-state index is 0.181. The normalized spacial score (nSPS) is 16.5. The molecule has 0 saturated heterocycles. The van der Waals surface area contributed by atoms with Crippen LogP contribution in [0.3, 0.4) is 0 Å². The molecule has 4 rings (SSSR count). The van der Waals surface area contributed by atoms with E-state index in [1.54, 1.807) is 7.11 Å². The smallest absolute Gasteiger partial charge is 0.227 e.